The Kier molecular flexibility index (Phi) is 7.73. The van der Waals surface area contributed by atoms with Gasteiger partial charge < -0.3 is 25.2 Å². The van der Waals surface area contributed by atoms with Gasteiger partial charge in [-0.15, -0.1) is 0 Å². The molecule has 46 heavy (non-hydrogen) atoms. The first-order valence-corrected chi connectivity index (χ1v) is 17.4. The first-order chi connectivity index (χ1) is 21.3. The average molecular weight is 635 g/mol. The number of aliphatic carboxylic acids is 1. The summed E-state index contributed by atoms with van der Waals surface area (Å²) in [6.07, 6.45) is 9.72. The maximum Gasteiger partial charge on any atom is 0.331 e. The van der Waals surface area contributed by atoms with Crippen LogP contribution in [0.1, 0.15) is 105 Å². The molecule has 7 heteroatoms. The number of ether oxygens (including phenoxy) is 1. The molecule has 0 bridgehead atoms. The van der Waals surface area contributed by atoms with Gasteiger partial charge in [0.25, 0.3) is 0 Å². The van der Waals surface area contributed by atoms with Gasteiger partial charge >= 0.3 is 11.9 Å². The topological polar surface area (TPSA) is 124 Å². The van der Waals surface area contributed by atoms with E-state index in [2.05, 4.69) is 47.6 Å². The Bertz CT molecular complexity index is 1460. The molecule has 0 aromatic heterocycles. The number of allylic oxidation sites excluding steroid dienone is 1. The van der Waals surface area contributed by atoms with Crippen LogP contribution in [0, 0.1) is 50.7 Å². The van der Waals surface area contributed by atoms with Crippen LogP contribution in [0.5, 0.6) is 5.75 Å². The van der Waals surface area contributed by atoms with Crippen LogP contribution in [0.25, 0.3) is 6.08 Å². The summed E-state index contributed by atoms with van der Waals surface area (Å²) in [6.45, 7) is 15.3. The lowest BCUT2D eigenvalue weighted by Crippen LogP contribution is -2.69. The van der Waals surface area contributed by atoms with E-state index in [-0.39, 0.29) is 39.7 Å². The highest BCUT2D eigenvalue weighted by atomic mass is 16.6. The molecule has 4 saturated carbocycles. The number of carbonyl (C=O) groups excluding carboxylic acids is 1. The van der Waals surface area contributed by atoms with Crippen molar-refractivity contribution in [1.82, 2.24) is 0 Å². The van der Waals surface area contributed by atoms with E-state index in [1.165, 1.54) is 6.08 Å². The van der Waals surface area contributed by atoms with Crippen molar-refractivity contribution in [2.24, 2.45) is 50.7 Å². The highest BCUT2D eigenvalue weighted by Gasteiger charge is 2.72. The lowest BCUT2D eigenvalue weighted by atomic mass is 9.33. The van der Waals surface area contributed by atoms with Crippen molar-refractivity contribution in [3.8, 4) is 5.75 Å². The van der Waals surface area contributed by atoms with Crippen LogP contribution in [-0.2, 0) is 14.3 Å². The largest absolute Gasteiger partial charge is 0.508 e. The molecular weight excluding hydrogens is 580 g/mol. The van der Waals surface area contributed by atoms with Crippen LogP contribution in [0.4, 0.5) is 0 Å². The number of fused-ring (bicyclic) bond motifs is 7. The normalized spacial score (nSPS) is 46.2. The van der Waals surface area contributed by atoms with E-state index in [0.717, 1.165) is 36.8 Å². The van der Waals surface area contributed by atoms with E-state index in [0.29, 0.717) is 25.7 Å². The van der Waals surface area contributed by atoms with Crippen LogP contribution in [0.2, 0.25) is 0 Å². The summed E-state index contributed by atoms with van der Waals surface area (Å²) in [7, 11) is 0. The molecule has 11 atom stereocenters. The van der Waals surface area contributed by atoms with Crippen LogP contribution >= 0.6 is 0 Å². The van der Waals surface area contributed by atoms with Crippen molar-refractivity contribution in [3.05, 3.63) is 47.6 Å². The number of aliphatic hydroxyl groups is 2. The molecule has 5 aliphatic carbocycles. The van der Waals surface area contributed by atoms with Crippen molar-refractivity contribution < 1.29 is 34.8 Å². The summed E-state index contributed by atoms with van der Waals surface area (Å²) in [5.41, 5.74) is -1.25. The summed E-state index contributed by atoms with van der Waals surface area (Å²) in [4.78, 5) is 26.0. The van der Waals surface area contributed by atoms with Gasteiger partial charge in [-0.25, -0.2) is 4.79 Å². The Labute approximate surface area is 274 Å². The Morgan fingerprint density at radius 2 is 1.61 bits per heavy atom. The fourth-order valence-electron chi connectivity index (χ4n) is 12.1. The first kappa shape index (κ1) is 33.3. The number of rotatable bonds is 4. The Morgan fingerprint density at radius 1 is 0.935 bits per heavy atom. The number of hydrogen-bond donors (Lipinski definition) is 4. The van der Waals surface area contributed by atoms with Crippen LogP contribution in [0.3, 0.4) is 0 Å². The number of carboxylic acids is 1. The Morgan fingerprint density at radius 3 is 2.26 bits per heavy atom. The summed E-state index contributed by atoms with van der Waals surface area (Å²) in [5.74, 6) is -1.07. The number of carboxylic acid groups (broad SMARTS) is 1. The van der Waals surface area contributed by atoms with E-state index in [4.69, 9.17) is 4.74 Å². The number of hydrogen-bond acceptors (Lipinski definition) is 6. The maximum absolute atomic E-state index is 13.0. The van der Waals surface area contributed by atoms with Gasteiger partial charge in [-0.2, -0.15) is 0 Å². The zero-order valence-corrected chi connectivity index (χ0v) is 28.7. The fourth-order valence-corrected chi connectivity index (χ4v) is 12.1. The third kappa shape index (κ3) is 4.50. The van der Waals surface area contributed by atoms with Crippen LogP contribution in [-0.4, -0.2) is 50.2 Å². The molecule has 0 saturated heterocycles. The van der Waals surface area contributed by atoms with Gasteiger partial charge in [0.05, 0.1) is 17.1 Å². The van der Waals surface area contributed by atoms with Gasteiger partial charge in [0.15, 0.2) is 0 Å². The minimum atomic E-state index is -1.11. The second-order valence-corrected chi connectivity index (χ2v) is 17.2. The van der Waals surface area contributed by atoms with Crippen molar-refractivity contribution >= 4 is 18.0 Å². The SMILES string of the molecule is C[C@@H]1CC[C@]2(C(=O)O)CC[C@]3(C)C(=CC[C@H]4[C@@]5(C)C[C@@H](O)[C@H](OC(=O)/C=C/c6ccc(O)cc6)C(C)(C)[C@@H]5CC[C@]43C)[C@@H]2[C@]1(C)O. The van der Waals surface area contributed by atoms with Crippen molar-refractivity contribution in [2.75, 3.05) is 0 Å². The number of phenolic OH excluding ortho intramolecular Hbond substituents is 1. The van der Waals surface area contributed by atoms with Gasteiger partial charge in [-0.3, -0.25) is 4.79 Å². The van der Waals surface area contributed by atoms with Gasteiger partial charge in [0, 0.05) is 17.4 Å². The zero-order valence-electron chi connectivity index (χ0n) is 28.7. The highest BCUT2D eigenvalue weighted by molar-refractivity contribution is 5.87. The average Bonchev–Trinajstić information content (AvgIpc) is 2.97. The van der Waals surface area contributed by atoms with Crippen molar-refractivity contribution in [3.63, 3.8) is 0 Å². The van der Waals surface area contributed by atoms with Crippen molar-refractivity contribution in [1.29, 1.82) is 0 Å². The Hall–Kier alpha value is -2.64. The molecule has 5 aliphatic rings. The molecule has 252 valence electrons. The first-order valence-electron chi connectivity index (χ1n) is 17.4. The number of carbonyl (C=O) groups is 2. The summed E-state index contributed by atoms with van der Waals surface area (Å²) in [6, 6.07) is 6.57. The zero-order chi connectivity index (χ0) is 33.7. The minimum absolute atomic E-state index is 0.0110. The summed E-state index contributed by atoms with van der Waals surface area (Å²) < 4.78 is 6.03. The molecule has 0 unspecified atom stereocenters. The van der Waals surface area contributed by atoms with E-state index >= 15 is 0 Å². The second-order valence-electron chi connectivity index (χ2n) is 17.2. The third-order valence-electron chi connectivity index (χ3n) is 14.9. The van der Waals surface area contributed by atoms with Crippen LogP contribution < -0.4 is 0 Å². The molecule has 0 amide bonds. The number of esters is 1. The molecular formula is C39H54O7. The van der Waals surface area contributed by atoms with E-state index in [1.807, 2.05) is 6.92 Å². The van der Waals surface area contributed by atoms with Crippen molar-refractivity contribution in [2.45, 2.75) is 118 Å². The number of aromatic hydroxyl groups is 1. The molecule has 0 aliphatic heterocycles. The molecule has 0 radical (unpaired) electrons. The predicted molar refractivity (Wildman–Crippen MR) is 176 cm³/mol. The fraction of sp³-hybridized carbons (Fsp3) is 0.692. The smallest absolute Gasteiger partial charge is 0.331 e. The minimum Gasteiger partial charge on any atom is -0.508 e. The van der Waals surface area contributed by atoms with E-state index in [1.54, 1.807) is 30.3 Å². The molecule has 4 N–H and O–H groups in total. The lowest BCUT2D eigenvalue weighted by Gasteiger charge is -2.72. The van der Waals surface area contributed by atoms with Gasteiger partial charge in [-0.1, -0.05) is 65.3 Å². The molecule has 4 fully saturated rings. The number of phenols is 1. The van der Waals surface area contributed by atoms with E-state index in [9.17, 15) is 30.0 Å². The molecule has 0 spiro atoms. The third-order valence-corrected chi connectivity index (χ3v) is 14.9. The van der Waals surface area contributed by atoms with Gasteiger partial charge in [0.2, 0.25) is 0 Å². The number of benzene rings is 1. The van der Waals surface area contributed by atoms with E-state index < -0.39 is 46.5 Å². The quantitative estimate of drug-likeness (QED) is 0.158. The van der Waals surface area contributed by atoms with Crippen LogP contribution in [0.15, 0.2) is 42.0 Å². The molecule has 1 aromatic carbocycles. The van der Waals surface area contributed by atoms with Gasteiger partial charge in [0.1, 0.15) is 11.9 Å². The lowest BCUT2D eigenvalue weighted by molar-refractivity contribution is -0.242. The highest BCUT2D eigenvalue weighted by Crippen LogP contribution is 2.76. The number of aliphatic hydroxyl groups excluding tert-OH is 1. The second kappa shape index (κ2) is 10.7. The standard InChI is InChI=1S/C39H54O7/c1-23-16-19-39(33(43)44)21-20-36(5)26(31(39)38(23,7)45)13-14-29-35(4)22-27(41)32(34(2,3)28(35)17-18-37(29,36)6)46-30(42)15-10-24-8-11-25(40)12-9-24/h8-13,15,23,27-29,31-32,40-41,45H,14,16-22H2,1-7H3,(H,43,44)/b15-10+/t23-,27-,28+,29+,31-,32+,35+,36-,37-,38-,39+/m1/s1. The van der Waals surface area contributed by atoms with Gasteiger partial charge in [-0.05, 0) is 116 Å². The molecule has 0 heterocycles. The summed E-state index contributed by atoms with van der Waals surface area (Å²) in [5, 5.41) is 44.0. The molecule has 6 rings (SSSR count). The molecule has 7 nitrogen and oxygen atoms in total. The molecule has 1 aromatic rings. The maximum atomic E-state index is 13.0. The summed E-state index contributed by atoms with van der Waals surface area (Å²) >= 11 is 0. The monoisotopic (exact) mass is 634 g/mol. The predicted octanol–water partition coefficient (Wildman–Crippen LogP) is 7.15. The Balaban J connectivity index is 1.31.